The van der Waals surface area contributed by atoms with Crippen LogP contribution >= 0.6 is 0 Å². The molecule has 0 bridgehead atoms. The van der Waals surface area contributed by atoms with Gasteiger partial charge in [0.15, 0.2) is 0 Å². The van der Waals surface area contributed by atoms with Gasteiger partial charge < -0.3 is 0 Å². The molecule has 1 fully saturated rings. The predicted octanol–water partition coefficient (Wildman–Crippen LogP) is 3.64. The van der Waals surface area contributed by atoms with Crippen molar-refractivity contribution in [3.63, 3.8) is 0 Å². The van der Waals surface area contributed by atoms with Crippen LogP contribution in [0.4, 0.5) is 0 Å². The van der Waals surface area contributed by atoms with Crippen LogP contribution in [-0.2, 0) is 0 Å². The summed E-state index contributed by atoms with van der Waals surface area (Å²) < 4.78 is 0. The zero-order chi connectivity index (χ0) is 11.4. The van der Waals surface area contributed by atoms with Crippen molar-refractivity contribution in [1.82, 2.24) is 5.41 Å². The lowest BCUT2D eigenvalue weighted by Crippen LogP contribution is -2.24. The second-order valence-electron chi connectivity index (χ2n) is 5.36. The number of nitrogens with zero attached hydrogens (tertiary/aromatic N) is 1. The van der Waals surface area contributed by atoms with Gasteiger partial charge in [-0.3, -0.25) is 0 Å². The van der Waals surface area contributed by atoms with Crippen LogP contribution in [0.2, 0.25) is 0 Å². The van der Waals surface area contributed by atoms with Crippen molar-refractivity contribution in [2.75, 3.05) is 0 Å². The minimum atomic E-state index is 0.318. The summed E-state index contributed by atoms with van der Waals surface area (Å²) in [4.78, 5) is 0. The van der Waals surface area contributed by atoms with Crippen molar-refractivity contribution in [3.8, 4) is 0 Å². The van der Waals surface area contributed by atoms with Crippen LogP contribution in [0.5, 0.6) is 0 Å². The quantitative estimate of drug-likeness (QED) is 0.686. The molecular formula is C15H20N. The highest BCUT2D eigenvalue weighted by Crippen LogP contribution is 2.39. The fourth-order valence-corrected chi connectivity index (χ4v) is 2.72. The molecule has 1 aliphatic carbocycles. The predicted molar refractivity (Wildman–Crippen MR) is 68.5 cm³/mol. The summed E-state index contributed by atoms with van der Waals surface area (Å²) in [6, 6.07) is 9.92. The Kier molecular flexibility index (Phi) is 3.42. The molecule has 0 atom stereocenters. The van der Waals surface area contributed by atoms with Crippen molar-refractivity contribution in [1.29, 1.82) is 0 Å². The normalized spacial score (nSPS) is 19.3. The van der Waals surface area contributed by atoms with Gasteiger partial charge >= 0.3 is 0 Å². The van der Waals surface area contributed by atoms with E-state index in [0.717, 1.165) is 12.0 Å². The molecule has 0 saturated heterocycles. The lowest BCUT2D eigenvalue weighted by molar-refractivity contribution is 0.226. The number of hydrogen-bond donors (Lipinski definition) is 0. The molecule has 16 heavy (non-hydrogen) atoms. The topological polar surface area (TPSA) is 22.3 Å². The van der Waals surface area contributed by atoms with Crippen molar-refractivity contribution >= 4 is 5.71 Å². The second-order valence-corrected chi connectivity index (χ2v) is 5.36. The Morgan fingerprint density at radius 1 is 1.12 bits per heavy atom. The van der Waals surface area contributed by atoms with Crippen molar-refractivity contribution < 1.29 is 0 Å². The van der Waals surface area contributed by atoms with Gasteiger partial charge in [-0.2, -0.15) is 5.41 Å². The van der Waals surface area contributed by atoms with E-state index < -0.39 is 0 Å². The van der Waals surface area contributed by atoms with E-state index in [2.05, 4.69) is 6.92 Å². The molecule has 1 saturated carbocycles. The number of benzene rings is 1. The Labute approximate surface area is 98.4 Å². The van der Waals surface area contributed by atoms with Crippen molar-refractivity contribution in [2.45, 2.75) is 45.4 Å². The van der Waals surface area contributed by atoms with Gasteiger partial charge in [0.05, 0.1) is 5.71 Å². The first-order valence-electron chi connectivity index (χ1n) is 6.30. The lowest BCUT2D eigenvalue weighted by Gasteiger charge is -2.33. The van der Waals surface area contributed by atoms with Crippen molar-refractivity contribution in [2.24, 2.45) is 5.41 Å². The van der Waals surface area contributed by atoms with E-state index in [1.165, 1.54) is 32.1 Å². The summed E-state index contributed by atoms with van der Waals surface area (Å²) in [5, 5.41) is 10.2. The maximum absolute atomic E-state index is 10.2. The molecule has 1 aromatic rings. The van der Waals surface area contributed by atoms with E-state index in [1.54, 1.807) is 0 Å². The molecule has 0 amide bonds. The molecule has 85 valence electrons. The Bertz CT molecular complexity index is 347. The Hall–Kier alpha value is -1.11. The zero-order valence-electron chi connectivity index (χ0n) is 10.1. The highest BCUT2D eigenvalue weighted by Gasteiger charge is 2.28. The lowest BCUT2D eigenvalue weighted by atomic mass is 9.72. The Balaban J connectivity index is 2.01. The summed E-state index contributed by atoms with van der Waals surface area (Å²) in [7, 11) is 0. The Morgan fingerprint density at radius 3 is 2.38 bits per heavy atom. The zero-order valence-corrected chi connectivity index (χ0v) is 10.1. The van der Waals surface area contributed by atoms with Gasteiger partial charge in [0.2, 0.25) is 0 Å². The van der Waals surface area contributed by atoms with E-state index in [1.807, 2.05) is 30.3 Å². The smallest absolute Gasteiger partial charge is 0.0708 e. The fourth-order valence-electron chi connectivity index (χ4n) is 2.72. The van der Waals surface area contributed by atoms with Gasteiger partial charge in [0.25, 0.3) is 0 Å². The molecule has 1 heteroatoms. The molecule has 0 unspecified atom stereocenters. The van der Waals surface area contributed by atoms with E-state index in [0.29, 0.717) is 11.1 Å². The number of hydrogen-bond acceptors (Lipinski definition) is 0. The van der Waals surface area contributed by atoms with Crippen LogP contribution in [0.15, 0.2) is 30.3 Å². The van der Waals surface area contributed by atoms with E-state index >= 15 is 0 Å². The summed E-state index contributed by atoms with van der Waals surface area (Å²) >= 11 is 0. The van der Waals surface area contributed by atoms with Gasteiger partial charge in [-0.25, -0.2) is 0 Å². The van der Waals surface area contributed by atoms with Gasteiger partial charge in [-0.1, -0.05) is 56.5 Å². The molecule has 1 nitrogen and oxygen atoms in total. The third kappa shape index (κ3) is 2.72. The molecule has 1 aromatic carbocycles. The largest absolute Gasteiger partial charge is 0.155 e. The molecular weight excluding hydrogens is 194 g/mol. The SMILES string of the molecule is CC1(CC(=[N])c2ccccc2)CCCCC1. The van der Waals surface area contributed by atoms with Crippen LogP contribution in [0.1, 0.15) is 51.0 Å². The van der Waals surface area contributed by atoms with Crippen LogP contribution in [0.25, 0.3) is 0 Å². The van der Waals surface area contributed by atoms with Crippen LogP contribution in [0, 0.1) is 5.41 Å². The highest BCUT2D eigenvalue weighted by molar-refractivity contribution is 5.99. The third-order valence-electron chi connectivity index (χ3n) is 3.76. The minimum Gasteiger partial charge on any atom is -0.155 e. The molecule has 2 rings (SSSR count). The molecule has 0 aliphatic heterocycles. The molecule has 1 aliphatic rings. The summed E-state index contributed by atoms with van der Waals surface area (Å²) in [5.74, 6) is 0. The first kappa shape index (κ1) is 11.4. The highest BCUT2D eigenvalue weighted by atomic mass is 14.5. The molecule has 0 heterocycles. The van der Waals surface area contributed by atoms with Gasteiger partial charge in [-0.15, -0.1) is 0 Å². The van der Waals surface area contributed by atoms with E-state index in [9.17, 15) is 5.41 Å². The minimum absolute atomic E-state index is 0.318. The fraction of sp³-hybridized carbons (Fsp3) is 0.533. The van der Waals surface area contributed by atoms with Gasteiger partial charge in [0, 0.05) is 0 Å². The number of rotatable bonds is 3. The van der Waals surface area contributed by atoms with Crippen molar-refractivity contribution in [3.05, 3.63) is 35.9 Å². The molecule has 0 N–H and O–H groups in total. The molecule has 0 aromatic heterocycles. The first-order chi connectivity index (χ1) is 7.70. The average molecular weight is 214 g/mol. The standard InChI is InChI=1S/C15H20N/c1-15(10-6-3-7-11-15)12-14(16)13-8-4-2-5-9-13/h2,4-5,8-9H,3,6-7,10-12H2,1H3. The molecule has 0 spiro atoms. The first-order valence-corrected chi connectivity index (χ1v) is 6.30. The maximum atomic E-state index is 10.2. The van der Waals surface area contributed by atoms with Gasteiger partial charge in [0.1, 0.15) is 0 Å². The van der Waals surface area contributed by atoms with Crippen LogP contribution in [0.3, 0.4) is 0 Å². The van der Waals surface area contributed by atoms with E-state index in [4.69, 9.17) is 0 Å². The summed E-state index contributed by atoms with van der Waals surface area (Å²) in [6.45, 7) is 2.31. The third-order valence-corrected chi connectivity index (χ3v) is 3.76. The van der Waals surface area contributed by atoms with Crippen LogP contribution < -0.4 is 5.41 Å². The monoisotopic (exact) mass is 214 g/mol. The van der Waals surface area contributed by atoms with E-state index in [-0.39, 0.29) is 0 Å². The average Bonchev–Trinajstić information content (AvgIpc) is 2.30. The van der Waals surface area contributed by atoms with Crippen LogP contribution in [-0.4, -0.2) is 5.71 Å². The Morgan fingerprint density at radius 2 is 1.75 bits per heavy atom. The second kappa shape index (κ2) is 4.82. The maximum Gasteiger partial charge on any atom is 0.0708 e. The summed E-state index contributed by atoms with van der Waals surface area (Å²) in [5.41, 5.74) is 1.86. The molecule has 1 radical (unpaired) electrons. The van der Waals surface area contributed by atoms with Gasteiger partial charge in [-0.05, 0) is 30.2 Å². The summed E-state index contributed by atoms with van der Waals surface area (Å²) in [6.07, 6.45) is 7.34.